The highest BCUT2D eigenvalue weighted by Gasteiger charge is 2.17. The summed E-state index contributed by atoms with van der Waals surface area (Å²) in [5.74, 6) is 1.94. The summed E-state index contributed by atoms with van der Waals surface area (Å²) in [5, 5.41) is 21.5. The van der Waals surface area contributed by atoms with Crippen LogP contribution in [0.1, 0.15) is 15.9 Å². The van der Waals surface area contributed by atoms with E-state index in [0.29, 0.717) is 41.0 Å². The van der Waals surface area contributed by atoms with E-state index in [0.717, 1.165) is 28.9 Å². The number of H-pyrrole nitrogens is 2. The number of carbonyl (C=O) groups excluding carboxylic acids is 2. The molecule has 1 aliphatic heterocycles. The summed E-state index contributed by atoms with van der Waals surface area (Å²) in [6.07, 6.45) is 4.16. The molecule has 0 radical (unpaired) electrons. The molecule has 1 aliphatic rings. The zero-order valence-electron chi connectivity index (χ0n) is 23.5. The van der Waals surface area contributed by atoms with E-state index < -0.39 is 0 Å². The summed E-state index contributed by atoms with van der Waals surface area (Å²) < 4.78 is 10.9. The van der Waals surface area contributed by atoms with Gasteiger partial charge in [-0.05, 0) is 48.0 Å². The highest BCUT2D eigenvalue weighted by Crippen LogP contribution is 2.26. The lowest BCUT2D eigenvalue weighted by atomic mass is 10.1. The minimum atomic E-state index is -0.377. The molecule has 0 saturated carbocycles. The molecule has 14 nitrogen and oxygen atoms in total. The van der Waals surface area contributed by atoms with E-state index in [1.165, 1.54) is 0 Å². The van der Waals surface area contributed by atoms with Crippen molar-refractivity contribution in [3.63, 3.8) is 0 Å². The third-order valence-electron chi connectivity index (χ3n) is 6.87. The first-order chi connectivity index (χ1) is 22.1. The topological polar surface area (TPSA) is 186 Å². The molecule has 45 heavy (non-hydrogen) atoms. The van der Waals surface area contributed by atoms with Crippen LogP contribution in [0.5, 0.6) is 11.5 Å². The summed E-state index contributed by atoms with van der Waals surface area (Å²) in [6.45, 7) is 0.457. The SMILES string of the molecule is O=C(COc1ccccc1)Nc1nnc(-c2ccc(-c3ccc(-c4nnc(NC(=O)c5ccc6c(c5)CCO6)[nH]4)nc3)cn2)[nH]1. The van der Waals surface area contributed by atoms with E-state index >= 15 is 0 Å². The Hall–Kier alpha value is -6.44. The van der Waals surface area contributed by atoms with Crippen LogP contribution in [-0.4, -0.2) is 65.4 Å². The molecular formula is C31H24N10O4. The van der Waals surface area contributed by atoms with E-state index in [2.05, 4.69) is 51.0 Å². The zero-order chi connectivity index (χ0) is 30.6. The summed E-state index contributed by atoms with van der Waals surface area (Å²) in [6, 6.07) is 21.7. The van der Waals surface area contributed by atoms with Gasteiger partial charge in [-0.2, -0.15) is 0 Å². The fraction of sp³-hybridized carbons (Fsp3) is 0.0968. The van der Waals surface area contributed by atoms with Crippen molar-refractivity contribution < 1.29 is 19.1 Å². The number of para-hydroxylation sites is 1. The smallest absolute Gasteiger partial charge is 0.264 e. The van der Waals surface area contributed by atoms with E-state index in [1.807, 2.05) is 36.4 Å². The van der Waals surface area contributed by atoms with Crippen molar-refractivity contribution in [2.75, 3.05) is 23.8 Å². The molecule has 0 spiro atoms. The van der Waals surface area contributed by atoms with Crippen molar-refractivity contribution in [1.82, 2.24) is 40.3 Å². The number of ether oxygens (including phenoxy) is 2. The van der Waals surface area contributed by atoms with Crippen LogP contribution in [0.2, 0.25) is 0 Å². The number of carbonyl (C=O) groups is 2. The molecule has 0 saturated heterocycles. The first-order valence-corrected chi connectivity index (χ1v) is 13.9. The second kappa shape index (κ2) is 12.0. The first kappa shape index (κ1) is 27.4. The van der Waals surface area contributed by atoms with Crippen molar-refractivity contribution in [3.05, 3.63) is 96.3 Å². The monoisotopic (exact) mass is 600 g/mol. The van der Waals surface area contributed by atoms with E-state index in [4.69, 9.17) is 9.47 Å². The number of fused-ring (bicyclic) bond motifs is 1. The number of rotatable bonds is 9. The molecule has 0 unspecified atom stereocenters. The fourth-order valence-corrected chi connectivity index (χ4v) is 4.62. The van der Waals surface area contributed by atoms with Crippen molar-refractivity contribution >= 4 is 23.7 Å². The zero-order valence-corrected chi connectivity index (χ0v) is 23.5. The number of amides is 2. The molecule has 0 atom stereocenters. The van der Waals surface area contributed by atoms with E-state index in [1.54, 1.807) is 48.8 Å². The van der Waals surface area contributed by atoms with Crippen molar-refractivity contribution in [3.8, 4) is 45.7 Å². The Morgan fingerprint density at radius 3 is 2.09 bits per heavy atom. The molecule has 222 valence electrons. The number of benzene rings is 2. The number of hydrogen-bond acceptors (Lipinski definition) is 10. The van der Waals surface area contributed by atoms with Gasteiger partial charge in [0.1, 0.15) is 22.9 Å². The summed E-state index contributed by atoms with van der Waals surface area (Å²) in [4.78, 5) is 39.8. The Morgan fingerprint density at radius 1 is 0.778 bits per heavy atom. The fourth-order valence-electron chi connectivity index (χ4n) is 4.62. The molecule has 0 bridgehead atoms. The third-order valence-corrected chi connectivity index (χ3v) is 6.87. The predicted octanol–water partition coefficient (Wildman–Crippen LogP) is 3.92. The van der Waals surface area contributed by atoms with Gasteiger partial charge in [0.2, 0.25) is 11.9 Å². The van der Waals surface area contributed by atoms with Gasteiger partial charge in [-0.25, -0.2) is 0 Å². The van der Waals surface area contributed by atoms with Gasteiger partial charge in [0, 0.05) is 35.5 Å². The molecular weight excluding hydrogens is 576 g/mol. The van der Waals surface area contributed by atoms with Gasteiger partial charge < -0.3 is 19.4 Å². The molecule has 14 heteroatoms. The van der Waals surface area contributed by atoms with Crippen molar-refractivity contribution in [2.45, 2.75) is 6.42 Å². The van der Waals surface area contributed by atoms with E-state index in [9.17, 15) is 9.59 Å². The van der Waals surface area contributed by atoms with Crippen LogP contribution in [-0.2, 0) is 11.2 Å². The molecule has 6 aromatic rings. The molecule has 4 N–H and O–H groups in total. The van der Waals surface area contributed by atoms with Crippen LogP contribution in [0.15, 0.2) is 85.2 Å². The molecule has 5 heterocycles. The van der Waals surface area contributed by atoms with Gasteiger partial charge in [-0.3, -0.25) is 30.2 Å². The quantitative estimate of drug-likeness (QED) is 0.190. The largest absolute Gasteiger partial charge is 0.493 e. The highest BCUT2D eigenvalue weighted by atomic mass is 16.5. The average molecular weight is 601 g/mol. The Morgan fingerprint density at radius 2 is 1.44 bits per heavy atom. The first-order valence-electron chi connectivity index (χ1n) is 13.9. The van der Waals surface area contributed by atoms with Gasteiger partial charge in [0.05, 0.1) is 6.61 Å². The maximum Gasteiger partial charge on any atom is 0.264 e. The van der Waals surface area contributed by atoms with Crippen LogP contribution in [0.3, 0.4) is 0 Å². The minimum absolute atomic E-state index is 0.167. The Balaban J connectivity index is 0.952. The summed E-state index contributed by atoms with van der Waals surface area (Å²) in [5.41, 5.74) is 4.27. The normalized spacial score (nSPS) is 11.8. The molecule has 2 amide bonds. The van der Waals surface area contributed by atoms with Crippen LogP contribution in [0, 0.1) is 0 Å². The number of nitrogens with one attached hydrogen (secondary N) is 4. The molecule has 0 fully saturated rings. The van der Waals surface area contributed by atoms with Gasteiger partial charge in [0.25, 0.3) is 11.8 Å². The molecule has 2 aromatic carbocycles. The lowest BCUT2D eigenvalue weighted by molar-refractivity contribution is -0.118. The van der Waals surface area contributed by atoms with Crippen molar-refractivity contribution in [2.24, 2.45) is 0 Å². The number of pyridine rings is 2. The molecule has 4 aromatic heterocycles. The maximum absolute atomic E-state index is 12.7. The standard InChI is InChI=1S/C31H24N10O4/c42-26(17-45-22-4-2-1-3-5-22)34-30-35-27(38-40-30)23-9-6-20(15-32-23)21-7-10-24(33-16-21)28-36-31(41-39-28)37-29(43)19-8-11-25-18(14-19)12-13-44-25/h1-11,14-16H,12-13,17H2,(H2,34,35,38,40,42)(H2,36,37,39,41,43). The Bertz CT molecular complexity index is 1970. The number of anilines is 2. The number of aromatic nitrogens is 8. The lowest BCUT2D eigenvalue weighted by Crippen LogP contribution is -2.20. The van der Waals surface area contributed by atoms with Crippen LogP contribution in [0.4, 0.5) is 11.9 Å². The summed E-state index contributed by atoms with van der Waals surface area (Å²) in [7, 11) is 0. The van der Waals surface area contributed by atoms with Crippen LogP contribution < -0.4 is 20.1 Å². The van der Waals surface area contributed by atoms with Gasteiger partial charge in [-0.1, -0.05) is 30.3 Å². The number of aromatic amines is 2. The molecule has 7 rings (SSSR count). The van der Waals surface area contributed by atoms with Crippen LogP contribution >= 0.6 is 0 Å². The molecule has 0 aliphatic carbocycles. The van der Waals surface area contributed by atoms with Gasteiger partial charge >= 0.3 is 0 Å². The van der Waals surface area contributed by atoms with Crippen LogP contribution in [0.25, 0.3) is 34.2 Å². The lowest BCUT2D eigenvalue weighted by Gasteiger charge is -2.05. The predicted molar refractivity (Wildman–Crippen MR) is 162 cm³/mol. The van der Waals surface area contributed by atoms with Gasteiger partial charge in [0.15, 0.2) is 18.3 Å². The number of nitrogens with zero attached hydrogens (tertiary/aromatic N) is 6. The maximum atomic E-state index is 12.7. The summed E-state index contributed by atoms with van der Waals surface area (Å²) >= 11 is 0. The van der Waals surface area contributed by atoms with Gasteiger partial charge in [-0.15, -0.1) is 20.4 Å². The second-order valence-corrected chi connectivity index (χ2v) is 9.93. The Kier molecular flexibility index (Phi) is 7.33. The average Bonchev–Trinajstić information content (AvgIpc) is 3.86. The Labute approximate surface area is 255 Å². The second-order valence-electron chi connectivity index (χ2n) is 9.93. The van der Waals surface area contributed by atoms with E-state index in [-0.39, 0.29) is 30.3 Å². The third kappa shape index (κ3) is 6.19. The highest BCUT2D eigenvalue weighted by molar-refractivity contribution is 6.03. The minimum Gasteiger partial charge on any atom is -0.493 e. The number of hydrogen-bond donors (Lipinski definition) is 4. The van der Waals surface area contributed by atoms with Crippen molar-refractivity contribution in [1.29, 1.82) is 0 Å².